The first-order valence-electron chi connectivity index (χ1n) is 10.0. The van der Waals surface area contributed by atoms with Crippen molar-refractivity contribution >= 4 is 15.9 Å². The maximum Gasteiger partial charge on any atom is 0.244 e. The first-order chi connectivity index (χ1) is 15.5. The Morgan fingerprint density at radius 1 is 1.25 bits per heavy atom. The lowest BCUT2D eigenvalue weighted by atomic mass is 9.83. The quantitative estimate of drug-likeness (QED) is 0.456. The zero-order valence-electron chi connectivity index (χ0n) is 17.5. The van der Waals surface area contributed by atoms with E-state index in [1.807, 2.05) is 38.1 Å². The van der Waals surface area contributed by atoms with Crippen molar-refractivity contribution in [2.24, 2.45) is 5.73 Å². The molecule has 1 unspecified atom stereocenters. The van der Waals surface area contributed by atoms with Gasteiger partial charge < -0.3 is 25.1 Å². The maximum atomic E-state index is 10.4. The van der Waals surface area contributed by atoms with E-state index >= 15 is 0 Å². The monoisotopic (exact) mass is 496 g/mol. The fourth-order valence-electron chi connectivity index (χ4n) is 3.73. The summed E-state index contributed by atoms with van der Waals surface area (Å²) in [4.78, 5) is 0. The van der Waals surface area contributed by atoms with Gasteiger partial charge in [-0.3, -0.25) is 5.10 Å². The van der Waals surface area contributed by atoms with Crippen LogP contribution in [-0.4, -0.2) is 28.5 Å². The topological polar surface area (TPSA) is 126 Å². The Morgan fingerprint density at radius 3 is 2.75 bits per heavy atom. The van der Waals surface area contributed by atoms with Crippen LogP contribution in [0.5, 0.6) is 23.1 Å². The highest BCUT2D eigenvalue weighted by molar-refractivity contribution is 9.10. The zero-order chi connectivity index (χ0) is 22.8. The molecule has 0 spiro atoms. The van der Waals surface area contributed by atoms with Crippen LogP contribution in [0, 0.1) is 11.3 Å². The minimum absolute atomic E-state index is 0.0184. The molecule has 0 radical (unpaired) electrons. The summed E-state index contributed by atoms with van der Waals surface area (Å²) in [6, 6.07) is 13.2. The molecule has 0 amide bonds. The van der Waals surface area contributed by atoms with Crippen molar-refractivity contribution in [3.63, 3.8) is 0 Å². The number of phenols is 1. The standard InChI is InChI=1S/C23H21BrN4O4/c1-3-30-14-7-5-6-12(8-14)20-19-18(15(11-25)22(26)32-23(19)28-27-20)13-9-16(24)21(29)17(10-13)31-4-2/h5-10,18,29H,3-4,26H2,1-2H3,(H,27,28). The number of aromatic amines is 1. The predicted octanol–water partition coefficient (Wildman–Crippen LogP) is 4.56. The molecular formula is C23H21BrN4O4. The van der Waals surface area contributed by atoms with Crippen LogP contribution in [-0.2, 0) is 0 Å². The first-order valence-corrected chi connectivity index (χ1v) is 10.8. The van der Waals surface area contributed by atoms with Crippen LogP contribution in [0.4, 0.5) is 0 Å². The minimum atomic E-state index is -0.593. The van der Waals surface area contributed by atoms with Gasteiger partial charge in [0.15, 0.2) is 11.5 Å². The fraction of sp³-hybridized carbons (Fsp3) is 0.217. The lowest BCUT2D eigenvalue weighted by molar-refractivity contribution is 0.316. The van der Waals surface area contributed by atoms with E-state index in [4.69, 9.17) is 19.9 Å². The lowest BCUT2D eigenvalue weighted by Crippen LogP contribution is -2.21. The van der Waals surface area contributed by atoms with E-state index in [2.05, 4.69) is 32.2 Å². The zero-order valence-corrected chi connectivity index (χ0v) is 19.1. The Hall–Kier alpha value is -3.64. The van der Waals surface area contributed by atoms with E-state index in [1.165, 1.54) is 0 Å². The van der Waals surface area contributed by atoms with Crippen LogP contribution in [0.25, 0.3) is 11.3 Å². The number of phenolic OH excluding ortho intramolecular Hbond substituents is 1. The number of H-pyrrole nitrogens is 1. The van der Waals surface area contributed by atoms with Gasteiger partial charge in [0.25, 0.3) is 0 Å². The molecule has 1 aromatic heterocycles. The summed E-state index contributed by atoms with van der Waals surface area (Å²) in [6.45, 7) is 4.65. The lowest BCUT2D eigenvalue weighted by Gasteiger charge is -2.25. The number of hydrogen-bond acceptors (Lipinski definition) is 7. The second-order valence-corrected chi connectivity index (χ2v) is 7.84. The van der Waals surface area contributed by atoms with Crippen LogP contribution in [0.2, 0.25) is 0 Å². The number of nitrogens with two attached hydrogens (primary N) is 1. The number of halogens is 1. The van der Waals surface area contributed by atoms with Gasteiger partial charge in [-0.05, 0) is 59.6 Å². The van der Waals surface area contributed by atoms with Crippen LogP contribution in [0.1, 0.15) is 30.9 Å². The average molecular weight is 497 g/mol. The van der Waals surface area contributed by atoms with E-state index in [-0.39, 0.29) is 23.1 Å². The average Bonchev–Trinajstić information content (AvgIpc) is 3.19. The van der Waals surface area contributed by atoms with E-state index in [9.17, 15) is 10.4 Å². The fourth-order valence-corrected chi connectivity index (χ4v) is 4.19. The Balaban J connectivity index is 1.93. The SMILES string of the molecule is CCOc1cccc(-c2[nH]nc3c2C(c2cc(Br)c(O)c(OCC)c2)C(C#N)=C(N)O3)c1. The van der Waals surface area contributed by atoms with Gasteiger partial charge >= 0.3 is 0 Å². The summed E-state index contributed by atoms with van der Waals surface area (Å²) < 4.78 is 17.3. The Kier molecular flexibility index (Phi) is 5.97. The molecule has 0 saturated heterocycles. The number of aromatic nitrogens is 2. The number of nitriles is 1. The van der Waals surface area contributed by atoms with Crippen molar-refractivity contribution in [3.8, 4) is 40.5 Å². The summed E-state index contributed by atoms with van der Waals surface area (Å²) in [6.07, 6.45) is 0. The molecule has 164 valence electrons. The van der Waals surface area contributed by atoms with Gasteiger partial charge in [0.1, 0.15) is 17.4 Å². The molecule has 1 atom stereocenters. The molecule has 9 heteroatoms. The van der Waals surface area contributed by atoms with E-state index < -0.39 is 5.92 Å². The minimum Gasteiger partial charge on any atom is -0.503 e. The number of benzene rings is 2. The molecule has 4 rings (SSSR count). The van der Waals surface area contributed by atoms with Crippen molar-refractivity contribution in [1.82, 2.24) is 10.2 Å². The van der Waals surface area contributed by atoms with Gasteiger partial charge in [0, 0.05) is 5.56 Å². The number of hydrogen-bond donors (Lipinski definition) is 3. The van der Waals surface area contributed by atoms with Crippen LogP contribution in [0.15, 0.2) is 52.3 Å². The highest BCUT2D eigenvalue weighted by Gasteiger charge is 2.36. The first kappa shape index (κ1) is 21.6. The molecular weight excluding hydrogens is 476 g/mol. The van der Waals surface area contributed by atoms with Crippen molar-refractivity contribution in [1.29, 1.82) is 5.26 Å². The predicted molar refractivity (Wildman–Crippen MR) is 121 cm³/mol. The molecule has 8 nitrogen and oxygen atoms in total. The summed E-state index contributed by atoms with van der Waals surface area (Å²) in [5, 5.41) is 27.6. The highest BCUT2D eigenvalue weighted by atomic mass is 79.9. The van der Waals surface area contributed by atoms with Gasteiger partial charge in [-0.2, -0.15) is 5.26 Å². The van der Waals surface area contributed by atoms with E-state index in [1.54, 1.807) is 12.1 Å². The number of rotatable bonds is 6. The molecule has 3 aromatic rings. The van der Waals surface area contributed by atoms with E-state index in [0.29, 0.717) is 46.0 Å². The third-order valence-corrected chi connectivity index (χ3v) is 5.66. The van der Waals surface area contributed by atoms with Gasteiger partial charge in [0.2, 0.25) is 11.8 Å². The number of nitrogens with zero attached hydrogens (tertiary/aromatic N) is 2. The molecule has 0 fully saturated rings. The summed E-state index contributed by atoms with van der Waals surface area (Å²) in [5.74, 6) is 0.658. The molecule has 32 heavy (non-hydrogen) atoms. The van der Waals surface area contributed by atoms with Crippen LogP contribution >= 0.6 is 15.9 Å². The van der Waals surface area contributed by atoms with Crippen molar-refractivity contribution in [2.75, 3.05) is 13.2 Å². The van der Waals surface area contributed by atoms with Gasteiger partial charge in [-0.25, -0.2) is 0 Å². The normalized spacial score (nSPS) is 15.0. The molecule has 2 heterocycles. The van der Waals surface area contributed by atoms with Crippen molar-refractivity contribution in [2.45, 2.75) is 19.8 Å². The van der Waals surface area contributed by atoms with Crippen molar-refractivity contribution in [3.05, 3.63) is 63.5 Å². The van der Waals surface area contributed by atoms with Crippen LogP contribution in [0.3, 0.4) is 0 Å². The second-order valence-electron chi connectivity index (χ2n) is 6.99. The number of ether oxygens (including phenoxy) is 3. The molecule has 0 bridgehead atoms. The van der Waals surface area contributed by atoms with E-state index in [0.717, 1.165) is 5.56 Å². The third-order valence-electron chi connectivity index (χ3n) is 5.06. The highest BCUT2D eigenvalue weighted by Crippen LogP contribution is 2.48. The maximum absolute atomic E-state index is 10.4. The van der Waals surface area contributed by atoms with Gasteiger partial charge in [0.05, 0.1) is 34.9 Å². The number of nitrogens with one attached hydrogen (secondary N) is 1. The van der Waals surface area contributed by atoms with Crippen molar-refractivity contribution < 1.29 is 19.3 Å². The third kappa shape index (κ3) is 3.74. The number of aromatic hydroxyl groups is 1. The Bertz CT molecular complexity index is 1250. The largest absolute Gasteiger partial charge is 0.503 e. The Labute approximate surface area is 193 Å². The molecule has 2 aromatic carbocycles. The number of fused-ring (bicyclic) bond motifs is 1. The molecule has 4 N–H and O–H groups in total. The Morgan fingerprint density at radius 2 is 2.03 bits per heavy atom. The summed E-state index contributed by atoms with van der Waals surface area (Å²) in [5.41, 5.74) is 9.15. The molecule has 1 aliphatic heterocycles. The molecule has 1 aliphatic rings. The smallest absolute Gasteiger partial charge is 0.244 e. The second kappa shape index (κ2) is 8.85. The van der Waals surface area contributed by atoms with Gasteiger partial charge in [-0.15, -0.1) is 5.10 Å². The summed E-state index contributed by atoms with van der Waals surface area (Å²) >= 11 is 3.38. The summed E-state index contributed by atoms with van der Waals surface area (Å²) in [7, 11) is 0. The van der Waals surface area contributed by atoms with Crippen LogP contribution < -0.4 is 19.9 Å². The van der Waals surface area contributed by atoms with Gasteiger partial charge in [-0.1, -0.05) is 12.1 Å². The molecule has 0 aliphatic carbocycles. The molecule has 0 saturated carbocycles. The number of allylic oxidation sites excluding steroid dienone is 1.